The number of phosphoric ester groups is 1. The van der Waals surface area contributed by atoms with Crippen molar-refractivity contribution in [1.29, 1.82) is 0 Å². The largest absolute Gasteiger partial charge is 0.475 e. The highest BCUT2D eigenvalue weighted by molar-refractivity contribution is 7.48. The van der Waals surface area contributed by atoms with Crippen LogP contribution < -0.4 is 11.3 Å². The number of aromatic nitrogens is 4. The summed E-state index contributed by atoms with van der Waals surface area (Å²) in [5.41, 5.74) is 5.92. The van der Waals surface area contributed by atoms with Gasteiger partial charge in [0.15, 0.2) is 11.2 Å². The van der Waals surface area contributed by atoms with Gasteiger partial charge in [-0.3, -0.25) is 23.3 Å². The number of fused-ring (bicyclic) bond motifs is 1. The molecule has 1 aliphatic heterocycles. The molecule has 0 bridgehead atoms. The zero-order chi connectivity index (χ0) is 24.9. The first-order valence-corrected chi connectivity index (χ1v) is 12.2. The molecule has 186 valence electrons. The average molecular weight is 509 g/mol. The van der Waals surface area contributed by atoms with E-state index in [1.165, 1.54) is 6.33 Å². The van der Waals surface area contributed by atoms with E-state index < -0.39 is 49.2 Å². The smallest absolute Gasteiger partial charge is 0.392 e. The second-order valence-corrected chi connectivity index (χ2v) is 10.0. The van der Waals surface area contributed by atoms with Gasteiger partial charge in [0.1, 0.15) is 11.6 Å². The molecule has 3 heterocycles. The number of aliphatic hydroxyl groups is 1. The van der Waals surface area contributed by atoms with Crippen LogP contribution in [0, 0.1) is 17.6 Å². The maximum absolute atomic E-state index is 14.2. The molecular weight excluding hydrogens is 487 g/mol. The number of anilines is 1. The van der Waals surface area contributed by atoms with Gasteiger partial charge in [0, 0.05) is 17.9 Å². The summed E-state index contributed by atoms with van der Waals surface area (Å²) in [7, 11) is -4.14. The van der Waals surface area contributed by atoms with Crippen LogP contribution >= 0.6 is 7.82 Å². The highest BCUT2D eigenvalue weighted by Crippen LogP contribution is 2.58. The number of aromatic amines is 1. The minimum atomic E-state index is -4.14. The molecule has 5 rings (SSSR count). The van der Waals surface area contributed by atoms with Crippen LogP contribution in [-0.2, 0) is 18.1 Å². The molecule has 2 aromatic heterocycles. The van der Waals surface area contributed by atoms with Crippen LogP contribution in [-0.4, -0.2) is 43.9 Å². The summed E-state index contributed by atoms with van der Waals surface area (Å²) < 4.78 is 58.5. The van der Waals surface area contributed by atoms with E-state index in [0.717, 1.165) is 18.2 Å². The maximum Gasteiger partial charge on any atom is 0.475 e. The summed E-state index contributed by atoms with van der Waals surface area (Å²) in [5, 5.41) is 10.7. The van der Waals surface area contributed by atoms with Crippen molar-refractivity contribution in [3.8, 4) is 0 Å². The van der Waals surface area contributed by atoms with Gasteiger partial charge in [0.25, 0.3) is 5.56 Å². The van der Waals surface area contributed by atoms with Gasteiger partial charge in [0.2, 0.25) is 5.95 Å². The first-order chi connectivity index (χ1) is 16.6. The Bertz CT molecular complexity index is 1410. The first-order valence-electron chi connectivity index (χ1n) is 10.8. The van der Waals surface area contributed by atoms with Crippen molar-refractivity contribution >= 4 is 24.9 Å². The molecule has 1 aliphatic carbocycles. The predicted octanol–water partition coefficient (Wildman–Crippen LogP) is 2.76. The number of nitrogens with zero attached hydrogens (tertiary/aromatic N) is 3. The summed E-state index contributed by atoms with van der Waals surface area (Å²) in [6.45, 7) is 3.72. The Hall–Kier alpha value is -2.96. The molecule has 2 aliphatic rings. The van der Waals surface area contributed by atoms with Crippen molar-refractivity contribution in [3.05, 3.63) is 64.2 Å². The fourth-order valence-corrected chi connectivity index (χ4v) is 5.84. The van der Waals surface area contributed by atoms with Gasteiger partial charge in [-0.25, -0.2) is 18.3 Å². The summed E-state index contributed by atoms with van der Waals surface area (Å²) in [6.07, 6.45) is -0.196. The Kier molecular flexibility index (Phi) is 6.06. The molecule has 14 heteroatoms. The van der Waals surface area contributed by atoms with Crippen LogP contribution in [0.25, 0.3) is 11.2 Å². The fourth-order valence-electron chi connectivity index (χ4n) is 4.44. The van der Waals surface area contributed by atoms with Crippen molar-refractivity contribution in [2.75, 3.05) is 18.9 Å². The van der Waals surface area contributed by atoms with Crippen molar-refractivity contribution in [1.82, 2.24) is 19.5 Å². The number of hydrogen-bond acceptors (Lipinski definition) is 9. The number of nitrogens with one attached hydrogen (secondary N) is 1. The second-order valence-electron chi connectivity index (χ2n) is 8.40. The topological polar surface area (TPSA) is 155 Å². The van der Waals surface area contributed by atoms with Gasteiger partial charge >= 0.3 is 7.82 Å². The molecule has 1 aromatic carbocycles. The quantitative estimate of drug-likeness (QED) is 0.348. The van der Waals surface area contributed by atoms with Gasteiger partial charge in [-0.2, -0.15) is 4.98 Å². The molecule has 0 spiro atoms. The molecule has 1 saturated carbocycles. The lowest BCUT2D eigenvalue weighted by molar-refractivity contribution is 0.0154. The average Bonchev–Trinajstić information content (AvgIpc) is 3.34. The monoisotopic (exact) mass is 509 g/mol. The number of rotatable bonds is 5. The van der Waals surface area contributed by atoms with Gasteiger partial charge in [-0.15, -0.1) is 0 Å². The summed E-state index contributed by atoms with van der Waals surface area (Å²) in [4.78, 5) is 22.6. The first kappa shape index (κ1) is 23.8. The summed E-state index contributed by atoms with van der Waals surface area (Å²) in [5.74, 6) is -2.11. The van der Waals surface area contributed by atoms with E-state index in [2.05, 4.69) is 21.5 Å². The normalized spacial score (nSPS) is 29.2. The minimum Gasteiger partial charge on any atom is -0.392 e. The maximum atomic E-state index is 14.2. The highest BCUT2D eigenvalue weighted by Gasteiger charge is 2.42. The number of halogens is 2. The number of hydrogen-bond donors (Lipinski definition) is 3. The molecule has 35 heavy (non-hydrogen) atoms. The molecule has 1 saturated heterocycles. The number of phosphoric acid groups is 1. The second kappa shape index (κ2) is 8.92. The number of imidazole rings is 1. The van der Waals surface area contributed by atoms with E-state index in [1.54, 1.807) is 4.57 Å². The van der Waals surface area contributed by atoms with E-state index in [1.807, 2.05) is 0 Å². The van der Waals surface area contributed by atoms with E-state index in [0.29, 0.717) is 5.57 Å². The highest BCUT2D eigenvalue weighted by atomic mass is 31.2. The molecule has 5 atom stereocenters. The van der Waals surface area contributed by atoms with Gasteiger partial charge < -0.3 is 15.4 Å². The van der Waals surface area contributed by atoms with Crippen LogP contribution in [0.1, 0.15) is 30.6 Å². The number of aliphatic hydroxyl groups excluding tert-OH is 1. The Balaban J connectivity index is 1.31. The van der Waals surface area contributed by atoms with E-state index >= 15 is 0 Å². The summed E-state index contributed by atoms with van der Waals surface area (Å²) >= 11 is 0. The van der Waals surface area contributed by atoms with Crippen LogP contribution in [0.2, 0.25) is 0 Å². The predicted molar refractivity (Wildman–Crippen MR) is 119 cm³/mol. The molecule has 0 unspecified atom stereocenters. The van der Waals surface area contributed by atoms with Crippen LogP contribution in [0.3, 0.4) is 0 Å². The standard InChI is InChI=1S/C21H22F2N5O6P/c1-10-13(16(29)7-15(10)28-9-25-18-19(28)26-21(24)27-20(18)30)8-33-35(31)32-5-4-17(34-35)12-6-11(22)2-3-14(12)23/h2-3,6,9,13,15-17,29H,1,4-5,7-8H2,(H3,24,26,27,30)/t13-,15-,16-,17+,35-/m0/s1. The molecule has 3 aromatic rings. The molecule has 0 amide bonds. The Morgan fingerprint density at radius 3 is 3.00 bits per heavy atom. The zero-order valence-electron chi connectivity index (χ0n) is 18.3. The number of nitrogens with two attached hydrogens (primary N) is 1. The Labute approximate surface area is 197 Å². The van der Waals surface area contributed by atoms with Crippen molar-refractivity contribution in [2.24, 2.45) is 5.92 Å². The van der Waals surface area contributed by atoms with Crippen molar-refractivity contribution in [3.63, 3.8) is 0 Å². The Morgan fingerprint density at radius 2 is 2.20 bits per heavy atom. The fraction of sp³-hybridized carbons (Fsp3) is 0.381. The number of H-pyrrole nitrogens is 1. The van der Waals surface area contributed by atoms with Gasteiger partial charge in [0.05, 0.1) is 37.8 Å². The lowest BCUT2D eigenvalue weighted by atomic mass is 10.0. The minimum absolute atomic E-state index is 0.0582. The third-order valence-corrected chi connectivity index (χ3v) is 7.70. The third-order valence-electron chi connectivity index (χ3n) is 6.22. The van der Waals surface area contributed by atoms with Crippen LogP contribution in [0.5, 0.6) is 0 Å². The van der Waals surface area contributed by atoms with Crippen LogP contribution in [0.15, 0.2) is 41.5 Å². The molecule has 4 N–H and O–H groups in total. The SMILES string of the molecule is C=C1[C@H](CO[P@]2(=O)OCC[C@H](c3cc(F)ccc3F)O2)[C@@H](O)C[C@@H]1n1cnc2c(=O)[nH]c(N)nc21. The molecule has 2 fully saturated rings. The lowest BCUT2D eigenvalue weighted by Gasteiger charge is -2.30. The third kappa shape index (κ3) is 4.41. The van der Waals surface area contributed by atoms with E-state index in [-0.39, 0.29) is 48.7 Å². The number of benzene rings is 1. The lowest BCUT2D eigenvalue weighted by Crippen LogP contribution is -2.22. The number of nitrogen functional groups attached to an aromatic ring is 1. The Morgan fingerprint density at radius 1 is 1.40 bits per heavy atom. The van der Waals surface area contributed by atoms with Crippen molar-refractivity contribution < 1.29 is 32.0 Å². The zero-order valence-corrected chi connectivity index (χ0v) is 19.2. The van der Waals surface area contributed by atoms with Gasteiger partial charge in [-0.1, -0.05) is 6.58 Å². The molecular formula is C21H22F2N5O6P. The van der Waals surface area contributed by atoms with Crippen LogP contribution in [0.4, 0.5) is 14.7 Å². The summed E-state index contributed by atoms with van der Waals surface area (Å²) in [6, 6.07) is 2.43. The van der Waals surface area contributed by atoms with Crippen molar-refractivity contribution in [2.45, 2.75) is 31.1 Å². The van der Waals surface area contributed by atoms with Gasteiger partial charge in [-0.05, 0) is 30.2 Å². The molecule has 0 radical (unpaired) electrons. The molecule has 11 nitrogen and oxygen atoms in total. The van der Waals surface area contributed by atoms with E-state index in [4.69, 9.17) is 19.3 Å². The van der Waals surface area contributed by atoms with E-state index in [9.17, 15) is 23.2 Å².